The van der Waals surface area contributed by atoms with Crippen LogP contribution in [-0.2, 0) is 0 Å². The zero-order chi connectivity index (χ0) is 14.6. The number of rotatable bonds is 6. The van der Waals surface area contributed by atoms with E-state index >= 15 is 0 Å². The quantitative estimate of drug-likeness (QED) is 0.840. The number of nitrogens with one attached hydrogen (secondary N) is 1. The van der Waals surface area contributed by atoms with Gasteiger partial charge in [0.25, 0.3) is 0 Å². The summed E-state index contributed by atoms with van der Waals surface area (Å²) in [5, 5.41) is 3.20. The molecule has 0 aliphatic carbocycles. The van der Waals surface area contributed by atoms with Crippen LogP contribution in [0.2, 0.25) is 0 Å². The second-order valence-electron chi connectivity index (χ2n) is 5.56. The first kappa shape index (κ1) is 16.0. The second-order valence-corrected chi connectivity index (χ2v) is 5.56. The van der Waals surface area contributed by atoms with E-state index in [0.717, 1.165) is 24.2 Å². The number of aryl methyl sites for hydroxylation is 1. The topological polar surface area (TPSA) is 15.3 Å². The number of benzene rings is 1. The minimum atomic E-state index is -0.127. The van der Waals surface area contributed by atoms with Crippen LogP contribution in [0.3, 0.4) is 0 Å². The molecule has 108 valence electrons. The van der Waals surface area contributed by atoms with E-state index in [9.17, 15) is 4.39 Å². The highest BCUT2D eigenvalue weighted by Gasteiger charge is 2.16. The van der Waals surface area contributed by atoms with Gasteiger partial charge in [0.15, 0.2) is 0 Å². The van der Waals surface area contributed by atoms with Crippen molar-refractivity contribution in [3.8, 4) is 0 Å². The maximum absolute atomic E-state index is 13.8. The van der Waals surface area contributed by atoms with Crippen molar-refractivity contribution >= 4 is 5.69 Å². The van der Waals surface area contributed by atoms with Crippen LogP contribution in [0.1, 0.15) is 44.4 Å². The first-order valence-corrected chi connectivity index (χ1v) is 7.09. The van der Waals surface area contributed by atoms with Crippen molar-refractivity contribution in [2.75, 3.05) is 25.5 Å². The fourth-order valence-corrected chi connectivity index (χ4v) is 2.21. The van der Waals surface area contributed by atoms with Crippen molar-refractivity contribution in [1.82, 2.24) is 5.32 Å². The molecule has 0 radical (unpaired) electrons. The standard InChI is InChI=1S/C16H27FN2/c1-7-11(2)10-19(6)16-8-12(3)15(17)9-14(16)13(4)18-5/h8-9,11,13,18H,7,10H2,1-6H3. The van der Waals surface area contributed by atoms with E-state index in [1.807, 2.05) is 20.0 Å². The van der Waals surface area contributed by atoms with Crippen LogP contribution in [0.4, 0.5) is 10.1 Å². The Balaban J connectivity index is 3.13. The maximum atomic E-state index is 13.8. The summed E-state index contributed by atoms with van der Waals surface area (Å²) in [6, 6.07) is 3.77. The van der Waals surface area contributed by atoms with Gasteiger partial charge < -0.3 is 10.2 Å². The molecule has 0 fully saturated rings. The van der Waals surface area contributed by atoms with Crippen molar-refractivity contribution < 1.29 is 4.39 Å². The minimum absolute atomic E-state index is 0.127. The number of halogens is 1. The van der Waals surface area contributed by atoms with Crippen molar-refractivity contribution in [2.45, 2.75) is 40.2 Å². The molecule has 0 aliphatic rings. The largest absolute Gasteiger partial charge is 0.374 e. The van der Waals surface area contributed by atoms with Gasteiger partial charge in [0.1, 0.15) is 5.82 Å². The molecule has 0 saturated carbocycles. The molecular weight excluding hydrogens is 239 g/mol. The van der Waals surface area contributed by atoms with Crippen LogP contribution in [0.5, 0.6) is 0 Å². The Morgan fingerprint density at radius 2 is 1.95 bits per heavy atom. The Bertz CT molecular complexity index is 417. The SMILES string of the molecule is CCC(C)CN(C)c1cc(C)c(F)cc1C(C)NC. The zero-order valence-electron chi connectivity index (χ0n) is 13.0. The fraction of sp³-hybridized carbons (Fsp3) is 0.625. The number of anilines is 1. The van der Waals surface area contributed by atoms with Gasteiger partial charge in [-0.05, 0) is 50.1 Å². The van der Waals surface area contributed by atoms with Gasteiger partial charge in [0.05, 0.1) is 0 Å². The molecule has 0 saturated heterocycles. The fourth-order valence-electron chi connectivity index (χ4n) is 2.21. The zero-order valence-corrected chi connectivity index (χ0v) is 13.0. The molecule has 2 nitrogen and oxygen atoms in total. The molecule has 1 aromatic rings. The summed E-state index contributed by atoms with van der Waals surface area (Å²) in [6.45, 7) is 9.32. The first-order chi connectivity index (χ1) is 8.90. The van der Waals surface area contributed by atoms with Crippen LogP contribution >= 0.6 is 0 Å². The number of nitrogens with zero attached hydrogens (tertiary/aromatic N) is 1. The van der Waals surface area contributed by atoms with Gasteiger partial charge in [0.2, 0.25) is 0 Å². The van der Waals surface area contributed by atoms with Crippen LogP contribution in [0.15, 0.2) is 12.1 Å². The molecule has 2 unspecified atom stereocenters. The molecule has 0 aromatic heterocycles. The summed E-state index contributed by atoms with van der Waals surface area (Å²) in [7, 11) is 3.99. The lowest BCUT2D eigenvalue weighted by molar-refractivity contribution is 0.554. The van der Waals surface area contributed by atoms with Gasteiger partial charge in [-0.25, -0.2) is 4.39 Å². The summed E-state index contributed by atoms with van der Waals surface area (Å²) >= 11 is 0. The van der Waals surface area contributed by atoms with E-state index in [1.54, 1.807) is 6.07 Å². The van der Waals surface area contributed by atoms with Crippen LogP contribution in [0.25, 0.3) is 0 Å². The summed E-state index contributed by atoms with van der Waals surface area (Å²) in [5.41, 5.74) is 2.86. The highest BCUT2D eigenvalue weighted by atomic mass is 19.1. The van der Waals surface area contributed by atoms with E-state index in [4.69, 9.17) is 0 Å². The molecular formula is C16H27FN2. The Morgan fingerprint density at radius 1 is 1.32 bits per heavy atom. The average molecular weight is 266 g/mol. The molecule has 0 heterocycles. The maximum Gasteiger partial charge on any atom is 0.126 e. The van der Waals surface area contributed by atoms with Crippen molar-refractivity contribution in [3.63, 3.8) is 0 Å². The molecule has 0 aliphatic heterocycles. The average Bonchev–Trinajstić information content (AvgIpc) is 2.39. The molecule has 19 heavy (non-hydrogen) atoms. The third-order valence-corrected chi connectivity index (χ3v) is 3.90. The molecule has 0 amide bonds. The summed E-state index contributed by atoms with van der Waals surface area (Å²) in [6.07, 6.45) is 1.15. The molecule has 0 bridgehead atoms. The lowest BCUT2D eigenvalue weighted by Gasteiger charge is -2.28. The van der Waals surface area contributed by atoms with Crippen molar-refractivity contribution in [3.05, 3.63) is 29.1 Å². The Labute approximate surface area is 117 Å². The van der Waals surface area contributed by atoms with E-state index in [2.05, 4.69) is 38.0 Å². The predicted octanol–water partition coefficient (Wildman–Crippen LogP) is 3.90. The molecule has 1 N–H and O–H groups in total. The van der Waals surface area contributed by atoms with Gasteiger partial charge in [-0.3, -0.25) is 0 Å². The molecule has 1 rings (SSSR count). The normalized spacial score (nSPS) is 14.3. The lowest BCUT2D eigenvalue weighted by Crippen LogP contribution is -2.26. The summed E-state index contributed by atoms with van der Waals surface area (Å²) in [5.74, 6) is 0.505. The predicted molar refractivity (Wildman–Crippen MR) is 81.3 cm³/mol. The molecule has 2 atom stereocenters. The van der Waals surface area contributed by atoms with E-state index in [-0.39, 0.29) is 11.9 Å². The van der Waals surface area contributed by atoms with Crippen LogP contribution in [0, 0.1) is 18.7 Å². The van der Waals surface area contributed by atoms with Gasteiger partial charge in [-0.15, -0.1) is 0 Å². The lowest BCUT2D eigenvalue weighted by atomic mass is 10.0. The number of hydrogen-bond donors (Lipinski definition) is 1. The van der Waals surface area contributed by atoms with Crippen molar-refractivity contribution in [1.29, 1.82) is 0 Å². The third-order valence-electron chi connectivity index (χ3n) is 3.90. The minimum Gasteiger partial charge on any atom is -0.374 e. The van der Waals surface area contributed by atoms with Crippen LogP contribution < -0.4 is 10.2 Å². The monoisotopic (exact) mass is 266 g/mol. The first-order valence-electron chi connectivity index (χ1n) is 7.09. The smallest absolute Gasteiger partial charge is 0.126 e. The Hall–Kier alpha value is -1.09. The Morgan fingerprint density at radius 3 is 2.47 bits per heavy atom. The summed E-state index contributed by atoms with van der Waals surface area (Å²) < 4.78 is 13.8. The molecule has 1 aromatic carbocycles. The highest BCUT2D eigenvalue weighted by Crippen LogP contribution is 2.29. The van der Waals surface area contributed by atoms with E-state index in [0.29, 0.717) is 11.5 Å². The second kappa shape index (κ2) is 6.90. The van der Waals surface area contributed by atoms with Crippen LogP contribution in [-0.4, -0.2) is 20.6 Å². The molecule has 3 heteroatoms. The Kier molecular flexibility index (Phi) is 5.80. The number of hydrogen-bond acceptors (Lipinski definition) is 2. The van der Waals surface area contributed by atoms with Gasteiger partial charge in [0, 0.05) is 25.3 Å². The van der Waals surface area contributed by atoms with Gasteiger partial charge in [-0.2, -0.15) is 0 Å². The highest BCUT2D eigenvalue weighted by molar-refractivity contribution is 5.56. The van der Waals surface area contributed by atoms with Gasteiger partial charge >= 0.3 is 0 Å². The summed E-state index contributed by atoms with van der Waals surface area (Å²) in [4.78, 5) is 2.24. The van der Waals surface area contributed by atoms with E-state index in [1.165, 1.54) is 0 Å². The van der Waals surface area contributed by atoms with Gasteiger partial charge in [-0.1, -0.05) is 20.3 Å². The third kappa shape index (κ3) is 3.93. The van der Waals surface area contributed by atoms with Crippen molar-refractivity contribution in [2.24, 2.45) is 5.92 Å². The molecule has 0 spiro atoms. The van der Waals surface area contributed by atoms with E-state index < -0.39 is 0 Å².